The van der Waals surface area contributed by atoms with Gasteiger partial charge in [0, 0.05) is 40.3 Å². The van der Waals surface area contributed by atoms with Crippen molar-refractivity contribution in [1.29, 1.82) is 0 Å². The third-order valence-electron chi connectivity index (χ3n) is 2.27. The molecule has 16 heavy (non-hydrogen) atoms. The average molecular weight is 278 g/mol. The Morgan fingerprint density at radius 2 is 1.94 bits per heavy atom. The number of rotatable bonds is 3. The van der Waals surface area contributed by atoms with Crippen LogP contribution in [0.1, 0.15) is 5.56 Å². The molecule has 0 saturated carbocycles. The summed E-state index contributed by atoms with van der Waals surface area (Å²) >= 11 is 3.40. The smallest absolute Gasteiger partial charge is 0.0436 e. The van der Waals surface area contributed by atoms with E-state index >= 15 is 0 Å². The van der Waals surface area contributed by atoms with Gasteiger partial charge in [-0.15, -0.1) is 0 Å². The van der Waals surface area contributed by atoms with E-state index in [1.807, 2.05) is 24.3 Å². The van der Waals surface area contributed by atoms with Crippen molar-refractivity contribution in [2.75, 3.05) is 11.1 Å². The summed E-state index contributed by atoms with van der Waals surface area (Å²) in [7, 11) is 0. The average Bonchev–Trinajstić information content (AvgIpc) is 2.30. The molecule has 0 spiro atoms. The number of nitrogens with one attached hydrogen (secondary N) is 1. The second kappa shape index (κ2) is 4.99. The predicted octanol–water partition coefficient (Wildman–Crippen LogP) is 3.04. The van der Waals surface area contributed by atoms with Crippen LogP contribution < -0.4 is 11.1 Å². The molecule has 3 N–H and O–H groups in total. The highest BCUT2D eigenvalue weighted by Gasteiger charge is 1.98. The normalized spacial score (nSPS) is 10.1. The fourth-order valence-corrected chi connectivity index (χ4v) is 1.61. The standard InChI is InChI=1S/C12H12BrN3/c13-10-1-3-11(4-2-10)16-8-9-7-15-6-5-12(9)14/h1-7,16H,8H2,(H2,14,15). The Kier molecular flexibility index (Phi) is 3.41. The summed E-state index contributed by atoms with van der Waals surface area (Å²) in [5.41, 5.74) is 8.65. The van der Waals surface area contributed by atoms with Gasteiger partial charge in [-0.1, -0.05) is 15.9 Å². The number of halogens is 1. The SMILES string of the molecule is Nc1ccncc1CNc1ccc(Br)cc1. The van der Waals surface area contributed by atoms with Crippen molar-refractivity contribution in [2.45, 2.75) is 6.54 Å². The number of hydrogen-bond donors (Lipinski definition) is 2. The third kappa shape index (κ3) is 2.73. The highest BCUT2D eigenvalue weighted by atomic mass is 79.9. The molecule has 2 aromatic rings. The van der Waals surface area contributed by atoms with Gasteiger partial charge in [-0.25, -0.2) is 0 Å². The summed E-state index contributed by atoms with van der Waals surface area (Å²) in [6.45, 7) is 0.682. The Morgan fingerprint density at radius 1 is 1.19 bits per heavy atom. The Labute approximate surface area is 103 Å². The van der Waals surface area contributed by atoms with E-state index in [1.54, 1.807) is 18.5 Å². The van der Waals surface area contributed by atoms with Gasteiger partial charge in [0.15, 0.2) is 0 Å². The quantitative estimate of drug-likeness (QED) is 0.907. The topological polar surface area (TPSA) is 50.9 Å². The van der Waals surface area contributed by atoms with Crippen molar-refractivity contribution in [3.05, 3.63) is 52.8 Å². The van der Waals surface area contributed by atoms with E-state index in [2.05, 4.69) is 26.2 Å². The summed E-state index contributed by atoms with van der Waals surface area (Å²) in [6.07, 6.45) is 3.47. The van der Waals surface area contributed by atoms with Gasteiger partial charge in [0.05, 0.1) is 0 Å². The minimum absolute atomic E-state index is 0.682. The van der Waals surface area contributed by atoms with E-state index in [1.165, 1.54) is 0 Å². The van der Waals surface area contributed by atoms with E-state index in [9.17, 15) is 0 Å². The zero-order valence-electron chi connectivity index (χ0n) is 8.65. The largest absolute Gasteiger partial charge is 0.398 e. The van der Waals surface area contributed by atoms with Crippen molar-refractivity contribution in [2.24, 2.45) is 0 Å². The molecule has 0 unspecified atom stereocenters. The number of nitrogens with zero attached hydrogens (tertiary/aromatic N) is 1. The molecule has 1 aromatic heterocycles. The van der Waals surface area contributed by atoms with Gasteiger partial charge in [0.1, 0.15) is 0 Å². The van der Waals surface area contributed by atoms with Gasteiger partial charge in [0.25, 0.3) is 0 Å². The first kappa shape index (κ1) is 11.0. The molecule has 0 atom stereocenters. The van der Waals surface area contributed by atoms with Gasteiger partial charge in [-0.05, 0) is 30.3 Å². The molecular formula is C12H12BrN3. The fraction of sp³-hybridized carbons (Fsp3) is 0.0833. The molecule has 2 rings (SSSR count). The van der Waals surface area contributed by atoms with Crippen LogP contribution in [0.2, 0.25) is 0 Å². The highest BCUT2D eigenvalue weighted by Crippen LogP contribution is 2.16. The van der Waals surface area contributed by atoms with Crippen LogP contribution in [0.5, 0.6) is 0 Å². The van der Waals surface area contributed by atoms with Crippen LogP contribution in [0.4, 0.5) is 11.4 Å². The van der Waals surface area contributed by atoms with Crippen molar-refractivity contribution >= 4 is 27.3 Å². The lowest BCUT2D eigenvalue weighted by Crippen LogP contribution is -2.03. The summed E-state index contributed by atoms with van der Waals surface area (Å²) in [6, 6.07) is 9.82. The van der Waals surface area contributed by atoms with Gasteiger partial charge >= 0.3 is 0 Å². The molecule has 1 heterocycles. The van der Waals surface area contributed by atoms with Crippen molar-refractivity contribution < 1.29 is 0 Å². The van der Waals surface area contributed by atoms with Gasteiger partial charge in [0.2, 0.25) is 0 Å². The number of nitrogens with two attached hydrogens (primary N) is 1. The lowest BCUT2D eigenvalue weighted by atomic mass is 10.2. The van der Waals surface area contributed by atoms with Crippen molar-refractivity contribution in [3.8, 4) is 0 Å². The predicted molar refractivity (Wildman–Crippen MR) is 70.1 cm³/mol. The molecule has 0 aliphatic rings. The Bertz CT molecular complexity index is 468. The van der Waals surface area contributed by atoms with E-state index in [4.69, 9.17) is 5.73 Å². The molecule has 0 aliphatic carbocycles. The number of anilines is 2. The lowest BCUT2D eigenvalue weighted by Gasteiger charge is -2.08. The molecule has 3 nitrogen and oxygen atoms in total. The monoisotopic (exact) mass is 277 g/mol. The fourth-order valence-electron chi connectivity index (χ4n) is 1.35. The van der Waals surface area contributed by atoms with Crippen LogP contribution in [0.15, 0.2) is 47.2 Å². The molecule has 82 valence electrons. The maximum Gasteiger partial charge on any atom is 0.0436 e. The van der Waals surface area contributed by atoms with E-state index in [-0.39, 0.29) is 0 Å². The van der Waals surface area contributed by atoms with Crippen LogP contribution in [0.25, 0.3) is 0 Å². The Balaban J connectivity index is 2.02. The zero-order chi connectivity index (χ0) is 11.4. The summed E-state index contributed by atoms with van der Waals surface area (Å²) in [4.78, 5) is 4.04. The first-order valence-corrected chi connectivity index (χ1v) is 5.73. The molecule has 1 aromatic carbocycles. The molecule has 0 aliphatic heterocycles. The molecule has 4 heteroatoms. The minimum atomic E-state index is 0.682. The zero-order valence-corrected chi connectivity index (χ0v) is 10.2. The van der Waals surface area contributed by atoms with Gasteiger partial charge in [-0.3, -0.25) is 4.98 Å². The number of pyridine rings is 1. The number of aromatic nitrogens is 1. The maximum atomic E-state index is 5.82. The van der Waals surface area contributed by atoms with E-state index in [0.29, 0.717) is 6.54 Å². The van der Waals surface area contributed by atoms with E-state index in [0.717, 1.165) is 21.4 Å². The molecule has 0 radical (unpaired) electrons. The summed E-state index contributed by atoms with van der Waals surface area (Å²) in [5.74, 6) is 0. The lowest BCUT2D eigenvalue weighted by molar-refractivity contribution is 1.12. The molecular weight excluding hydrogens is 266 g/mol. The number of nitrogen functional groups attached to an aromatic ring is 1. The molecule has 0 fully saturated rings. The molecule has 0 saturated heterocycles. The van der Waals surface area contributed by atoms with Crippen LogP contribution in [0.3, 0.4) is 0 Å². The van der Waals surface area contributed by atoms with Crippen LogP contribution in [0, 0.1) is 0 Å². The first-order chi connectivity index (χ1) is 7.75. The van der Waals surface area contributed by atoms with Gasteiger partial charge < -0.3 is 11.1 Å². The summed E-state index contributed by atoms with van der Waals surface area (Å²) < 4.78 is 1.07. The maximum absolute atomic E-state index is 5.82. The number of hydrogen-bond acceptors (Lipinski definition) is 3. The second-order valence-corrected chi connectivity index (χ2v) is 4.35. The van der Waals surface area contributed by atoms with E-state index < -0.39 is 0 Å². The van der Waals surface area contributed by atoms with Crippen LogP contribution >= 0.6 is 15.9 Å². The molecule has 0 amide bonds. The summed E-state index contributed by atoms with van der Waals surface area (Å²) in [5, 5.41) is 3.29. The Morgan fingerprint density at radius 3 is 2.62 bits per heavy atom. The van der Waals surface area contributed by atoms with Crippen LogP contribution in [-0.2, 0) is 6.54 Å². The highest BCUT2D eigenvalue weighted by molar-refractivity contribution is 9.10. The van der Waals surface area contributed by atoms with Crippen molar-refractivity contribution in [1.82, 2.24) is 4.98 Å². The van der Waals surface area contributed by atoms with Gasteiger partial charge in [-0.2, -0.15) is 0 Å². The third-order valence-corrected chi connectivity index (χ3v) is 2.80. The second-order valence-electron chi connectivity index (χ2n) is 3.43. The Hall–Kier alpha value is -1.55. The van der Waals surface area contributed by atoms with Crippen LogP contribution in [-0.4, -0.2) is 4.98 Å². The molecule has 0 bridgehead atoms. The van der Waals surface area contributed by atoms with Crippen molar-refractivity contribution in [3.63, 3.8) is 0 Å². The first-order valence-electron chi connectivity index (χ1n) is 4.93. The minimum Gasteiger partial charge on any atom is -0.398 e. The number of benzene rings is 1.